The van der Waals surface area contributed by atoms with Crippen LogP contribution in [0.3, 0.4) is 0 Å². The van der Waals surface area contributed by atoms with Crippen molar-refractivity contribution < 1.29 is 4.79 Å². The van der Waals surface area contributed by atoms with Gasteiger partial charge in [0.1, 0.15) is 5.01 Å². The van der Waals surface area contributed by atoms with E-state index in [2.05, 4.69) is 46.3 Å². The number of aryl methyl sites for hydroxylation is 1. The predicted molar refractivity (Wildman–Crippen MR) is 116 cm³/mol. The minimum atomic E-state index is 0.0628. The fourth-order valence-corrected chi connectivity index (χ4v) is 4.57. The Hall–Kier alpha value is -2.28. The van der Waals surface area contributed by atoms with Gasteiger partial charge in [-0.3, -0.25) is 14.6 Å². The number of hydrogen-bond donors (Lipinski definition) is 1. The molecular weight excluding hydrogens is 368 g/mol. The summed E-state index contributed by atoms with van der Waals surface area (Å²) in [4.78, 5) is 21.8. The molecule has 6 heteroatoms. The molecule has 1 saturated heterocycles. The lowest BCUT2D eigenvalue weighted by Gasteiger charge is -2.33. The zero-order valence-corrected chi connectivity index (χ0v) is 17.0. The summed E-state index contributed by atoms with van der Waals surface area (Å²) in [6.45, 7) is 7.22. The number of rotatable bonds is 6. The summed E-state index contributed by atoms with van der Waals surface area (Å²) in [7, 11) is 0. The van der Waals surface area contributed by atoms with E-state index < -0.39 is 0 Å². The first-order valence-electron chi connectivity index (χ1n) is 9.87. The number of piperazine rings is 1. The molecule has 1 fully saturated rings. The number of aromatic nitrogens is 1. The molecule has 2 aromatic carbocycles. The number of carbonyl (C=O) groups excluding carboxylic acids is 1. The number of hydrogen-bond acceptors (Lipinski definition) is 5. The molecule has 28 heavy (non-hydrogen) atoms. The molecule has 1 N–H and O–H groups in total. The Morgan fingerprint density at radius 3 is 2.64 bits per heavy atom. The van der Waals surface area contributed by atoms with Crippen LogP contribution in [-0.2, 0) is 17.8 Å². The van der Waals surface area contributed by atoms with Crippen LogP contribution in [0.4, 0.5) is 5.69 Å². The van der Waals surface area contributed by atoms with Gasteiger partial charge in [0.2, 0.25) is 5.91 Å². The molecule has 1 amide bonds. The largest absolute Gasteiger partial charge is 0.325 e. The van der Waals surface area contributed by atoms with Crippen molar-refractivity contribution in [3.05, 3.63) is 59.1 Å². The number of anilines is 1. The Morgan fingerprint density at radius 2 is 1.86 bits per heavy atom. The molecule has 0 bridgehead atoms. The lowest BCUT2D eigenvalue weighted by atomic mass is 10.1. The van der Waals surface area contributed by atoms with Crippen LogP contribution in [0.2, 0.25) is 0 Å². The molecule has 146 valence electrons. The molecule has 4 rings (SSSR count). The Bertz CT molecular complexity index is 913. The molecule has 2 heterocycles. The summed E-state index contributed by atoms with van der Waals surface area (Å²) in [5.74, 6) is 0.0628. The van der Waals surface area contributed by atoms with Crippen LogP contribution in [0.1, 0.15) is 17.5 Å². The summed E-state index contributed by atoms with van der Waals surface area (Å²) in [6.07, 6.45) is 0.973. The number of carbonyl (C=O) groups is 1. The van der Waals surface area contributed by atoms with Crippen molar-refractivity contribution in [1.82, 2.24) is 14.8 Å². The second kappa shape index (κ2) is 8.82. The highest BCUT2D eigenvalue weighted by Crippen LogP contribution is 2.23. The number of nitrogens with zero attached hydrogens (tertiary/aromatic N) is 3. The van der Waals surface area contributed by atoms with Gasteiger partial charge >= 0.3 is 0 Å². The lowest BCUT2D eigenvalue weighted by Crippen LogP contribution is -2.48. The van der Waals surface area contributed by atoms with Crippen molar-refractivity contribution in [2.24, 2.45) is 0 Å². The molecule has 0 saturated carbocycles. The Kier molecular flexibility index (Phi) is 6.00. The van der Waals surface area contributed by atoms with Crippen molar-refractivity contribution in [3.63, 3.8) is 0 Å². The molecule has 5 nitrogen and oxygen atoms in total. The normalized spacial score (nSPS) is 15.8. The summed E-state index contributed by atoms with van der Waals surface area (Å²) in [5.41, 5.74) is 3.21. The average Bonchev–Trinajstić information content (AvgIpc) is 3.12. The monoisotopic (exact) mass is 394 g/mol. The van der Waals surface area contributed by atoms with Crippen molar-refractivity contribution in [1.29, 1.82) is 0 Å². The maximum absolute atomic E-state index is 12.4. The van der Waals surface area contributed by atoms with Gasteiger partial charge < -0.3 is 5.32 Å². The second-order valence-electron chi connectivity index (χ2n) is 7.23. The molecule has 3 aromatic rings. The van der Waals surface area contributed by atoms with Gasteiger partial charge in [0.15, 0.2) is 0 Å². The number of amides is 1. The summed E-state index contributed by atoms with van der Waals surface area (Å²) in [6, 6.07) is 16.4. The van der Waals surface area contributed by atoms with E-state index in [1.54, 1.807) is 11.3 Å². The quantitative estimate of drug-likeness (QED) is 0.694. The third kappa shape index (κ3) is 4.76. The summed E-state index contributed by atoms with van der Waals surface area (Å²) in [5, 5.41) is 4.20. The maximum Gasteiger partial charge on any atom is 0.238 e. The van der Waals surface area contributed by atoms with Gasteiger partial charge in [0, 0.05) is 31.9 Å². The minimum Gasteiger partial charge on any atom is -0.325 e. The molecule has 1 aliphatic heterocycles. The number of thiazole rings is 1. The van der Waals surface area contributed by atoms with Gasteiger partial charge in [-0.15, -0.1) is 11.3 Å². The van der Waals surface area contributed by atoms with E-state index in [4.69, 9.17) is 4.98 Å². The molecule has 0 unspecified atom stereocenters. The first-order chi connectivity index (χ1) is 13.7. The van der Waals surface area contributed by atoms with E-state index in [1.807, 2.05) is 24.3 Å². The van der Waals surface area contributed by atoms with Gasteiger partial charge in [-0.25, -0.2) is 4.98 Å². The van der Waals surface area contributed by atoms with Crippen LogP contribution in [0, 0.1) is 0 Å². The maximum atomic E-state index is 12.4. The average molecular weight is 395 g/mol. The Morgan fingerprint density at radius 1 is 1.07 bits per heavy atom. The molecule has 0 radical (unpaired) electrons. The van der Waals surface area contributed by atoms with Gasteiger partial charge in [0.25, 0.3) is 0 Å². The third-order valence-corrected chi connectivity index (χ3v) is 6.17. The molecule has 0 aliphatic carbocycles. The lowest BCUT2D eigenvalue weighted by molar-refractivity contribution is -0.117. The van der Waals surface area contributed by atoms with E-state index in [0.29, 0.717) is 6.54 Å². The fourth-order valence-electron chi connectivity index (χ4n) is 3.56. The number of nitrogens with one attached hydrogen (secondary N) is 1. The van der Waals surface area contributed by atoms with E-state index in [1.165, 1.54) is 15.3 Å². The van der Waals surface area contributed by atoms with Gasteiger partial charge in [-0.1, -0.05) is 31.2 Å². The SMILES string of the molecule is CCc1cccc(NC(=O)CN2CCN(Cc3nc4ccccc4s3)CC2)c1. The Labute approximate surface area is 170 Å². The number of para-hydroxylation sites is 1. The summed E-state index contributed by atoms with van der Waals surface area (Å²) >= 11 is 1.78. The molecule has 1 aliphatic rings. The molecule has 1 aromatic heterocycles. The zero-order valence-electron chi connectivity index (χ0n) is 16.2. The molecular formula is C22H26N4OS. The third-order valence-electron chi connectivity index (χ3n) is 5.15. The second-order valence-corrected chi connectivity index (χ2v) is 8.34. The number of fused-ring (bicyclic) bond motifs is 1. The van der Waals surface area contributed by atoms with Crippen LogP contribution in [0.15, 0.2) is 48.5 Å². The van der Waals surface area contributed by atoms with Gasteiger partial charge in [-0.2, -0.15) is 0 Å². The minimum absolute atomic E-state index is 0.0628. The topological polar surface area (TPSA) is 48.5 Å². The van der Waals surface area contributed by atoms with Crippen LogP contribution in [0.25, 0.3) is 10.2 Å². The van der Waals surface area contributed by atoms with E-state index in [0.717, 1.165) is 50.3 Å². The first kappa shape index (κ1) is 19.1. The highest BCUT2D eigenvalue weighted by atomic mass is 32.1. The van der Waals surface area contributed by atoms with Crippen molar-refractivity contribution >= 4 is 33.1 Å². The van der Waals surface area contributed by atoms with E-state index in [9.17, 15) is 4.79 Å². The highest BCUT2D eigenvalue weighted by molar-refractivity contribution is 7.18. The smallest absolute Gasteiger partial charge is 0.238 e. The van der Waals surface area contributed by atoms with Crippen molar-refractivity contribution in [3.8, 4) is 0 Å². The van der Waals surface area contributed by atoms with Gasteiger partial charge in [-0.05, 0) is 36.2 Å². The van der Waals surface area contributed by atoms with Crippen LogP contribution < -0.4 is 5.32 Å². The van der Waals surface area contributed by atoms with Crippen LogP contribution in [-0.4, -0.2) is 53.4 Å². The molecule has 0 atom stereocenters. The van der Waals surface area contributed by atoms with Crippen LogP contribution >= 0.6 is 11.3 Å². The predicted octanol–water partition coefficient (Wildman–Crippen LogP) is 3.62. The van der Waals surface area contributed by atoms with Crippen molar-refractivity contribution in [2.45, 2.75) is 19.9 Å². The molecule has 0 spiro atoms. The zero-order chi connectivity index (χ0) is 19.3. The van der Waals surface area contributed by atoms with Crippen molar-refractivity contribution in [2.75, 3.05) is 38.0 Å². The van der Waals surface area contributed by atoms with Gasteiger partial charge in [0.05, 0.1) is 23.3 Å². The Balaban J connectivity index is 1.25. The highest BCUT2D eigenvalue weighted by Gasteiger charge is 2.20. The van der Waals surface area contributed by atoms with E-state index >= 15 is 0 Å². The fraction of sp³-hybridized carbons (Fsp3) is 0.364. The standard InChI is InChI=1S/C22H26N4OS/c1-2-17-6-5-7-18(14-17)23-21(27)15-25-10-12-26(13-11-25)16-22-24-19-8-3-4-9-20(19)28-22/h3-9,14H,2,10-13,15-16H2,1H3,(H,23,27). The van der Waals surface area contributed by atoms with E-state index in [-0.39, 0.29) is 5.91 Å². The number of benzene rings is 2. The summed E-state index contributed by atoms with van der Waals surface area (Å²) < 4.78 is 1.25. The first-order valence-corrected chi connectivity index (χ1v) is 10.7. The van der Waals surface area contributed by atoms with Crippen LogP contribution in [0.5, 0.6) is 0 Å².